The molecule has 3 aromatic rings. The Bertz CT molecular complexity index is 1240. The minimum absolute atomic E-state index is 0.0410. The van der Waals surface area contributed by atoms with Gasteiger partial charge in [-0.3, -0.25) is 24.3 Å². The second kappa shape index (κ2) is 8.02. The highest BCUT2D eigenvalue weighted by atomic mass is 32.2. The van der Waals surface area contributed by atoms with Gasteiger partial charge in [0.2, 0.25) is 5.96 Å². The number of rotatable bonds is 5. The van der Waals surface area contributed by atoms with Crippen molar-refractivity contribution in [1.29, 1.82) is 0 Å². The molecule has 5 rings (SSSR count). The molecule has 170 valence electrons. The van der Waals surface area contributed by atoms with Gasteiger partial charge in [-0.1, -0.05) is 37.3 Å². The summed E-state index contributed by atoms with van der Waals surface area (Å²) in [5, 5.41) is 5.84. The van der Waals surface area contributed by atoms with Crippen molar-refractivity contribution in [3.8, 4) is 11.3 Å². The lowest BCUT2D eigenvalue weighted by Crippen LogP contribution is -2.48. The Hall–Kier alpha value is -3.13. The van der Waals surface area contributed by atoms with Crippen molar-refractivity contribution < 1.29 is 4.79 Å². The Kier molecular flexibility index (Phi) is 5.28. The van der Waals surface area contributed by atoms with Gasteiger partial charge < -0.3 is 0 Å². The van der Waals surface area contributed by atoms with E-state index < -0.39 is 0 Å². The summed E-state index contributed by atoms with van der Waals surface area (Å²) in [6.45, 7) is 9.60. The molecule has 0 aliphatic carbocycles. The average molecular weight is 461 g/mol. The number of guanidine groups is 1. The highest BCUT2D eigenvalue weighted by Crippen LogP contribution is 2.39. The quantitative estimate of drug-likeness (QED) is 0.526. The van der Waals surface area contributed by atoms with Crippen LogP contribution in [0.4, 0.5) is 5.82 Å². The molecule has 1 amide bonds. The first kappa shape index (κ1) is 21.7. The van der Waals surface area contributed by atoms with Crippen LogP contribution in [0.3, 0.4) is 0 Å². The van der Waals surface area contributed by atoms with Crippen LogP contribution in [0.5, 0.6) is 0 Å². The molecule has 7 nitrogen and oxygen atoms in total. The number of pyridine rings is 1. The zero-order valence-corrected chi connectivity index (χ0v) is 20.5. The van der Waals surface area contributed by atoms with E-state index in [1.54, 1.807) is 23.7 Å². The van der Waals surface area contributed by atoms with Crippen LogP contribution in [0.15, 0.2) is 52.6 Å². The van der Waals surface area contributed by atoms with E-state index in [2.05, 4.69) is 61.0 Å². The second-order valence-corrected chi connectivity index (χ2v) is 10.4. The van der Waals surface area contributed by atoms with Gasteiger partial charge >= 0.3 is 0 Å². The number of fused-ring (bicyclic) bond motifs is 3. The predicted octanol–water partition coefficient (Wildman–Crippen LogP) is 4.45. The second-order valence-electron chi connectivity index (χ2n) is 9.19. The van der Waals surface area contributed by atoms with Crippen LogP contribution < -0.4 is 4.90 Å². The molecule has 0 radical (unpaired) electrons. The van der Waals surface area contributed by atoms with Gasteiger partial charge in [-0.15, -0.1) is 11.8 Å². The number of nitrogens with zero attached hydrogens (tertiary/aromatic N) is 6. The number of benzene rings is 1. The third-order valence-corrected chi connectivity index (χ3v) is 6.90. The number of aryl methyl sites for hydroxylation is 1. The highest BCUT2D eigenvalue weighted by molar-refractivity contribution is 7.99. The van der Waals surface area contributed by atoms with E-state index >= 15 is 0 Å². The van der Waals surface area contributed by atoms with E-state index in [1.807, 2.05) is 23.9 Å². The fraction of sp³-hybridized carbons (Fsp3) is 0.360. The first-order valence-electron chi connectivity index (χ1n) is 11.2. The van der Waals surface area contributed by atoms with Crippen molar-refractivity contribution in [2.75, 3.05) is 24.2 Å². The summed E-state index contributed by atoms with van der Waals surface area (Å²) in [5.41, 5.74) is 4.74. The van der Waals surface area contributed by atoms with Crippen LogP contribution in [-0.4, -0.2) is 56.4 Å². The molecule has 0 bridgehead atoms. The van der Waals surface area contributed by atoms with E-state index in [1.165, 1.54) is 0 Å². The molecule has 2 aliphatic rings. The smallest absolute Gasteiger partial charge is 0.266 e. The van der Waals surface area contributed by atoms with E-state index in [9.17, 15) is 4.79 Å². The summed E-state index contributed by atoms with van der Waals surface area (Å²) in [7, 11) is 1.80. The number of carbonyl (C=O) groups is 1. The van der Waals surface area contributed by atoms with Gasteiger partial charge in [0.05, 0.1) is 24.3 Å². The molecule has 0 saturated heterocycles. The Morgan fingerprint density at radius 2 is 1.88 bits per heavy atom. The van der Waals surface area contributed by atoms with Crippen LogP contribution in [0.2, 0.25) is 0 Å². The summed E-state index contributed by atoms with van der Waals surface area (Å²) < 4.78 is 1.97. The molecular weight excluding hydrogens is 432 g/mol. The molecule has 0 fully saturated rings. The number of hydrogen-bond acceptors (Lipinski definition) is 6. The first-order chi connectivity index (χ1) is 15.8. The molecule has 33 heavy (non-hydrogen) atoms. The summed E-state index contributed by atoms with van der Waals surface area (Å²) in [6.07, 6.45) is 1.89. The van der Waals surface area contributed by atoms with Gasteiger partial charge in [0.15, 0.2) is 5.82 Å². The van der Waals surface area contributed by atoms with E-state index in [-0.39, 0.29) is 11.4 Å². The number of aromatic nitrogens is 3. The normalized spacial score (nSPS) is 16.6. The van der Waals surface area contributed by atoms with Crippen molar-refractivity contribution >= 4 is 29.4 Å². The number of carbonyl (C=O) groups excluding carboxylic acids is 1. The third kappa shape index (κ3) is 3.82. The molecule has 2 aromatic heterocycles. The lowest BCUT2D eigenvalue weighted by molar-refractivity contribution is 0.0862. The van der Waals surface area contributed by atoms with Crippen molar-refractivity contribution in [2.45, 2.75) is 44.8 Å². The summed E-state index contributed by atoms with van der Waals surface area (Å²) in [6, 6.07) is 12.5. The largest absolute Gasteiger partial charge is 0.292 e. The van der Waals surface area contributed by atoms with Crippen LogP contribution in [0.1, 0.15) is 42.3 Å². The summed E-state index contributed by atoms with van der Waals surface area (Å²) >= 11 is 1.66. The standard InChI is InChI=1S/C25H28N6OS/c1-6-33-23-20-21(30-15-25(3,4)27-24(30)29(5)22(20)32)28-31(23)14-17-8-10-18(11-9-17)19-12-7-16(2)13-26-19/h7-13H,6,14-15H2,1-5H3. The van der Waals surface area contributed by atoms with Crippen molar-refractivity contribution in [3.63, 3.8) is 0 Å². The molecule has 8 heteroatoms. The Morgan fingerprint density at radius 1 is 1.12 bits per heavy atom. The zero-order valence-electron chi connectivity index (χ0n) is 19.7. The zero-order chi connectivity index (χ0) is 23.3. The van der Waals surface area contributed by atoms with Crippen LogP contribution >= 0.6 is 11.8 Å². The van der Waals surface area contributed by atoms with Gasteiger partial charge in [0.1, 0.15) is 10.6 Å². The Labute approximate surface area is 198 Å². The van der Waals surface area contributed by atoms with E-state index in [0.717, 1.165) is 39.0 Å². The topological polar surface area (TPSA) is 66.6 Å². The minimum Gasteiger partial charge on any atom is -0.292 e. The maximum atomic E-state index is 13.3. The summed E-state index contributed by atoms with van der Waals surface area (Å²) in [4.78, 5) is 26.3. The van der Waals surface area contributed by atoms with Crippen molar-refractivity contribution in [3.05, 3.63) is 59.3 Å². The molecule has 1 aromatic carbocycles. The van der Waals surface area contributed by atoms with Gasteiger partial charge in [-0.2, -0.15) is 5.10 Å². The van der Waals surface area contributed by atoms with E-state index in [4.69, 9.17) is 10.1 Å². The number of thioether (sulfide) groups is 1. The van der Waals surface area contributed by atoms with Gasteiger partial charge in [-0.25, -0.2) is 4.99 Å². The molecule has 2 aliphatic heterocycles. The first-order valence-corrected chi connectivity index (χ1v) is 12.2. The molecule has 0 unspecified atom stereocenters. The minimum atomic E-state index is -0.257. The molecular formula is C25H28N6OS. The molecule has 0 spiro atoms. The maximum absolute atomic E-state index is 13.3. The number of aliphatic imine (C=N–C) groups is 1. The molecule has 0 saturated carbocycles. The maximum Gasteiger partial charge on any atom is 0.266 e. The Morgan fingerprint density at radius 3 is 2.55 bits per heavy atom. The third-order valence-electron chi connectivity index (χ3n) is 5.93. The molecule has 0 atom stereocenters. The van der Waals surface area contributed by atoms with Crippen molar-refractivity contribution in [2.24, 2.45) is 4.99 Å². The average Bonchev–Trinajstić information content (AvgIpc) is 3.31. The van der Waals surface area contributed by atoms with Crippen LogP contribution in [0.25, 0.3) is 11.3 Å². The number of anilines is 1. The van der Waals surface area contributed by atoms with Gasteiger partial charge in [-0.05, 0) is 43.7 Å². The van der Waals surface area contributed by atoms with Crippen LogP contribution in [-0.2, 0) is 6.54 Å². The van der Waals surface area contributed by atoms with Crippen molar-refractivity contribution in [1.82, 2.24) is 19.7 Å². The monoisotopic (exact) mass is 460 g/mol. The number of hydrogen-bond donors (Lipinski definition) is 0. The van der Waals surface area contributed by atoms with Crippen LogP contribution in [0, 0.1) is 6.92 Å². The highest BCUT2D eigenvalue weighted by Gasteiger charge is 2.44. The fourth-order valence-electron chi connectivity index (χ4n) is 4.30. The molecule has 0 N–H and O–H groups in total. The molecule has 4 heterocycles. The number of amides is 1. The summed E-state index contributed by atoms with van der Waals surface area (Å²) in [5.74, 6) is 2.23. The lowest BCUT2D eigenvalue weighted by Gasteiger charge is -2.30. The van der Waals surface area contributed by atoms with Gasteiger partial charge in [0.25, 0.3) is 5.91 Å². The van der Waals surface area contributed by atoms with E-state index in [0.29, 0.717) is 24.6 Å². The predicted molar refractivity (Wildman–Crippen MR) is 133 cm³/mol. The fourth-order valence-corrected chi connectivity index (χ4v) is 5.15. The van der Waals surface area contributed by atoms with Gasteiger partial charge in [0, 0.05) is 18.8 Å². The SMILES string of the molecule is CCSc1c2c(nn1Cc1ccc(-c3ccc(C)cn3)cc1)N1CC(C)(C)N=C1N(C)C2=O. The lowest BCUT2D eigenvalue weighted by atomic mass is 10.1. The Balaban J connectivity index is 1.49.